The van der Waals surface area contributed by atoms with Gasteiger partial charge in [-0.1, -0.05) is 32.1 Å². The topological polar surface area (TPSA) is 69.6 Å². The van der Waals surface area contributed by atoms with Gasteiger partial charge in [0, 0.05) is 12.1 Å². The van der Waals surface area contributed by atoms with Gasteiger partial charge in [-0.05, 0) is 38.0 Å². The summed E-state index contributed by atoms with van der Waals surface area (Å²) in [4.78, 5) is 25.8. The molecule has 1 saturated heterocycles. The fourth-order valence-electron chi connectivity index (χ4n) is 4.47. The number of hydrogen-bond acceptors (Lipinski definition) is 2. The summed E-state index contributed by atoms with van der Waals surface area (Å²) in [5, 5.41) is 12.6. The summed E-state index contributed by atoms with van der Waals surface area (Å²) in [6.07, 6.45) is 10.6. The van der Waals surface area contributed by atoms with E-state index in [-0.39, 0.29) is 18.1 Å². The van der Waals surface area contributed by atoms with Crippen molar-refractivity contribution >= 4 is 12.0 Å². The van der Waals surface area contributed by atoms with Gasteiger partial charge in [-0.15, -0.1) is 0 Å². The molecule has 118 valence electrons. The molecule has 2 saturated carbocycles. The van der Waals surface area contributed by atoms with Gasteiger partial charge >= 0.3 is 12.0 Å². The number of nitrogens with zero attached hydrogens (tertiary/aromatic N) is 1. The Balaban J connectivity index is 1.69. The number of urea groups is 1. The molecule has 3 atom stereocenters. The zero-order chi connectivity index (χ0) is 14.8. The van der Waals surface area contributed by atoms with Gasteiger partial charge in [0.05, 0.1) is 0 Å². The first-order valence-corrected chi connectivity index (χ1v) is 8.48. The van der Waals surface area contributed by atoms with Crippen molar-refractivity contribution in [2.24, 2.45) is 5.92 Å². The SMILES string of the molecule is O=C(O)[C@H]1C[C@H]2CCCC[C@H]2N1C(=O)NC1CCCCC1. The van der Waals surface area contributed by atoms with Crippen LogP contribution in [0.5, 0.6) is 0 Å². The van der Waals surface area contributed by atoms with Gasteiger partial charge in [0.25, 0.3) is 0 Å². The molecule has 5 nitrogen and oxygen atoms in total. The summed E-state index contributed by atoms with van der Waals surface area (Å²) in [6.45, 7) is 0. The van der Waals surface area contributed by atoms with Crippen LogP contribution < -0.4 is 5.32 Å². The maximum Gasteiger partial charge on any atom is 0.326 e. The van der Waals surface area contributed by atoms with Crippen LogP contribution in [0.15, 0.2) is 0 Å². The molecule has 0 unspecified atom stereocenters. The number of likely N-dealkylation sites (tertiary alicyclic amines) is 1. The quantitative estimate of drug-likeness (QED) is 0.822. The molecule has 2 aliphatic carbocycles. The van der Waals surface area contributed by atoms with Crippen LogP contribution in [-0.2, 0) is 4.79 Å². The summed E-state index contributed by atoms with van der Waals surface area (Å²) >= 11 is 0. The molecule has 5 heteroatoms. The average molecular weight is 294 g/mol. The van der Waals surface area contributed by atoms with Crippen molar-refractivity contribution in [3.63, 3.8) is 0 Å². The molecule has 0 spiro atoms. The number of carbonyl (C=O) groups excluding carboxylic acids is 1. The molecule has 2 amide bonds. The van der Waals surface area contributed by atoms with Crippen LogP contribution in [0.25, 0.3) is 0 Å². The normalized spacial score (nSPS) is 33.5. The second-order valence-corrected chi connectivity index (χ2v) is 6.89. The van der Waals surface area contributed by atoms with E-state index in [1.165, 1.54) is 25.7 Å². The lowest BCUT2D eigenvalue weighted by molar-refractivity contribution is -0.141. The Kier molecular flexibility index (Phi) is 4.36. The summed E-state index contributed by atoms with van der Waals surface area (Å²) in [6, 6.07) is -0.378. The standard InChI is InChI=1S/C16H26N2O3/c19-15(20)14-10-11-6-4-5-9-13(11)18(14)16(21)17-12-7-2-1-3-8-12/h11-14H,1-10H2,(H,17,21)(H,19,20)/t11-,13-,14-/m1/s1. The van der Waals surface area contributed by atoms with Crippen molar-refractivity contribution in [3.8, 4) is 0 Å². The lowest BCUT2D eigenvalue weighted by atomic mass is 9.85. The molecular formula is C16H26N2O3. The molecule has 3 fully saturated rings. The maximum absolute atomic E-state index is 12.6. The van der Waals surface area contributed by atoms with Gasteiger partial charge in [-0.2, -0.15) is 0 Å². The van der Waals surface area contributed by atoms with E-state index in [1.54, 1.807) is 4.90 Å². The van der Waals surface area contributed by atoms with E-state index < -0.39 is 12.0 Å². The Hall–Kier alpha value is -1.26. The lowest BCUT2D eigenvalue weighted by Crippen LogP contribution is -2.53. The minimum atomic E-state index is -0.844. The Morgan fingerprint density at radius 1 is 0.952 bits per heavy atom. The highest BCUT2D eigenvalue weighted by atomic mass is 16.4. The predicted octanol–water partition coefficient (Wildman–Crippen LogP) is 2.75. The van der Waals surface area contributed by atoms with E-state index in [2.05, 4.69) is 5.32 Å². The van der Waals surface area contributed by atoms with Crippen molar-refractivity contribution in [3.05, 3.63) is 0 Å². The number of amides is 2. The number of fused-ring (bicyclic) bond motifs is 1. The van der Waals surface area contributed by atoms with Crippen molar-refractivity contribution in [1.29, 1.82) is 0 Å². The van der Waals surface area contributed by atoms with E-state index in [0.29, 0.717) is 12.3 Å². The first-order chi connectivity index (χ1) is 10.2. The summed E-state index contributed by atoms with van der Waals surface area (Å²) in [5.41, 5.74) is 0. The summed E-state index contributed by atoms with van der Waals surface area (Å²) < 4.78 is 0. The van der Waals surface area contributed by atoms with E-state index in [4.69, 9.17) is 0 Å². The van der Waals surface area contributed by atoms with E-state index >= 15 is 0 Å². The number of rotatable bonds is 2. The largest absolute Gasteiger partial charge is 0.480 e. The Labute approximate surface area is 126 Å². The molecular weight excluding hydrogens is 268 g/mol. The van der Waals surface area contributed by atoms with Gasteiger partial charge < -0.3 is 15.3 Å². The molecule has 1 heterocycles. The Bertz CT molecular complexity index is 406. The van der Waals surface area contributed by atoms with Crippen molar-refractivity contribution in [2.75, 3.05) is 0 Å². The highest BCUT2D eigenvalue weighted by molar-refractivity contribution is 5.84. The number of carboxylic acids is 1. The molecule has 3 aliphatic rings. The van der Waals surface area contributed by atoms with Crippen molar-refractivity contribution < 1.29 is 14.7 Å². The van der Waals surface area contributed by atoms with Crippen LogP contribution in [0.4, 0.5) is 4.79 Å². The number of aliphatic carboxylic acids is 1. The zero-order valence-corrected chi connectivity index (χ0v) is 12.6. The number of hydrogen-bond donors (Lipinski definition) is 2. The number of nitrogens with one attached hydrogen (secondary N) is 1. The minimum absolute atomic E-state index is 0.135. The van der Waals surface area contributed by atoms with Crippen LogP contribution in [0.1, 0.15) is 64.2 Å². The van der Waals surface area contributed by atoms with Crippen LogP contribution in [0.3, 0.4) is 0 Å². The molecule has 0 bridgehead atoms. The third-order valence-electron chi connectivity index (χ3n) is 5.54. The van der Waals surface area contributed by atoms with Crippen LogP contribution in [0.2, 0.25) is 0 Å². The second kappa shape index (κ2) is 6.24. The molecule has 0 aromatic rings. The fourth-order valence-corrected chi connectivity index (χ4v) is 4.47. The molecule has 1 aliphatic heterocycles. The van der Waals surface area contributed by atoms with Gasteiger partial charge in [-0.3, -0.25) is 0 Å². The predicted molar refractivity (Wildman–Crippen MR) is 79.0 cm³/mol. The first-order valence-electron chi connectivity index (χ1n) is 8.48. The van der Waals surface area contributed by atoms with E-state index in [1.807, 2.05) is 0 Å². The van der Waals surface area contributed by atoms with Crippen LogP contribution in [0, 0.1) is 5.92 Å². The lowest BCUT2D eigenvalue weighted by Gasteiger charge is -2.34. The average Bonchev–Trinajstić information content (AvgIpc) is 2.88. The second-order valence-electron chi connectivity index (χ2n) is 6.89. The first kappa shape index (κ1) is 14.7. The summed E-state index contributed by atoms with van der Waals surface area (Å²) in [7, 11) is 0. The maximum atomic E-state index is 12.6. The van der Waals surface area contributed by atoms with Crippen LogP contribution in [-0.4, -0.2) is 40.1 Å². The van der Waals surface area contributed by atoms with E-state index in [0.717, 1.165) is 32.1 Å². The highest BCUT2D eigenvalue weighted by Crippen LogP contribution is 2.39. The third kappa shape index (κ3) is 3.01. The molecule has 21 heavy (non-hydrogen) atoms. The van der Waals surface area contributed by atoms with E-state index in [9.17, 15) is 14.7 Å². The van der Waals surface area contributed by atoms with Crippen molar-refractivity contribution in [2.45, 2.75) is 82.3 Å². The number of carboxylic acid groups (broad SMARTS) is 1. The minimum Gasteiger partial charge on any atom is -0.480 e. The monoisotopic (exact) mass is 294 g/mol. The Morgan fingerprint density at radius 2 is 1.62 bits per heavy atom. The Morgan fingerprint density at radius 3 is 2.33 bits per heavy atom. The van der Waals surface area contributed by atoms with Gasteiger partial charge in [0.15, 0.2) is 0 Å². The summed E-state index contributed by atoms with van der Waals surface area (Å²) in [5.74, 6) is -0.458. The highest BCUT2D eigenvalue weighted by Gasteiger charge is 2.47. The molecule has 0 aromatic heterocycles. The molecule has 0 aromatic carbocycles. The van der Waals surface area contributed by atoms with Gasteiger partial charge in [0.1, 0.15) is 6.04 Å². The zero-order valence-electron chi connectivity index (χ0n) is 12.6. The van der Waals surface area contributed by atoms with Gasteiger partial charge in [-0.25, -0.2) is 9.59 Å². The van der Waals surface area contributed by atoms with Crippen molar-refractivity contribution in [1.82, 2.24) is 10.2 Å². The van der Waals surface area contributed by atoms with Crippen LogP contribution >= 0.6 is 0 Å². The smallest absolute Gasteiger partial charge is 0.326 e. The molecule has 0 radical (unpaired) electrons. The number of carbonyl (C=O) groups is 2. The fraction of sp³-hybridized carbons (Fsp3) is 0.875. The van der Waals surface area contributed by atoms with Gasteiger partial charge in [0.2, 0.25) is 0 Å². The molecule has 3 rings (SSSR count). The molecule has 2 N–H and O–H groups in total. The third-order valence-corrected chi connectivity index (χ3v) is 5.54.